The average molecular weight is 348 g/mol. The predicted molar refractivity (Wildman–Crippen MR) is 97.0 cm³/mol. The van der Waals surface area contributed by atoms with Crippen LogP contribution in [0.25, 0.3) is 11.3 Å². The van der Waals surface area contributed by atoms with E-state index in [1.807, 2.05) is 30.5 Å². The van der Waals surface area contributed by atoms with Gasteiger partial charge in [0.2, 0.25) is 0 Å². The lowest BCUT2D eigenvalue weighted by molar-refractivity contribution is 0.0939. The van der Waals surface area contributed by atoms with E-state index in [1.165, 1.54) is 11.3 Å². The third-order valence-electron chi connectivity index (χ3n) is 3.67. The van der Waals surface area contributed by atoms with E-state index in [2.05, 4.69) is 21.4 Å². The number of rotatable bonds is 5. The van der Waals surface area contributed by atoms with E-state index in [0.717, 1.165) is 21.8 Å². The number of nitrogens with zero attached hydrogens (tertiary/aromatic N) is 3. The zero-order valence-corrected chi connectivity index (χ0v) is 14.5. The molecule has 0 unspecified atom stereocenters. The van der Waals surface area contributed by atoms with Gasteiger partial charge in [-0.15, -0.1) is 11.3 Å². The molecule has 5 nitrogen and oxygen atoms in total. The number of amides is 1. The highest BCUT2D eigenvalue weighted by molar-refractivity contribution is 7.10. The van der Waals surface area contributed by atoms with Crippen molar-refractivity contribution in [3.8, 4) is 17.3 Å². The van der Waals surface area contributed by atoms with Crippen molar-refractivity contribution in [1.82, 2.24) is 15.3 Å². The molecule has 1 amide bonds. The summed E-state index contributed by atoms with van der Waals surface area (Å²) in [6.45, 7) is 1.91. The quantitative estimate of drug-likeness (QED) is 0.761. The van der Waals surface area contributed by atoms with Gasteiger partial charge < -0.3 is 5.32 Å². The molecule has 0 saturated carbocycles. The van der Waals surface area contributed by atoms with E-state index in [0.29, 0.717) is 5.56 Å². The molecule has 0 bridgehead atoms. The molecule has 3 rings (SSSR count). The summed E-state index contributed by atoms with van der Waals surface area (Å²) in [6.07, 6.45) is 3.78. The Morgan fingerprint density at radius 1 is 1.36 bits per heavy atom. The van der Waals surface area contributed by atoms with E-state index in [1.54, 1.807) is 30.6 Å². The molecule has 0 aliphatic carbocycles. The third-order valence-corrected chi connectivity index (χ3v) is 4.70. The summed E-state index contributed by atoms with van der Waals surface area (Å²) in [5.41, 5.74) is 3.18. The molecule has 0 spiro atoms. The van der Waals surface area contributed by atoms with Crippen molar-refractivity contribution >= 4 is 17.2 Å². The van der Waals surface area contributed by atoms with Crippen LogP contribution in [0.15, 0.2) is 54.2 Å². The zero-order chi connectivity index (χ0) is 17.6. The van der Waals surface area contributed by atoms with E-state index in [4.69, 9.17) is 5.26 Å². The maximum Gasteiger partial charge on any atom is 0.251 e. The van der Waals surface area contributed by atoms with Crippen LogP contribution >= 0.6 is 11.3 Å². The van der Waals surface area contributed by atoms with Gasteiger partial charge >= 0.3 is 0 Å². The number of aromatic nitrogens is 2. The standard InChI is InChI=1S/C19H16N4OS/c1-13(19-23-17(12-25-19)16-6-3-9-21-11-16)22-18(24)15-5-2-4-14(10-15)7-8-20/h2-6,9-13H,7H2,1H3,(H,22,24)/t13-/m1/s1. The van der Waals surface area contributed by atoms with Gasteiger partial charge in [-0.2, -0.15) is 5.26 Å². The number of pyridine rings is 1. The van der Waals surface area contributed by atoms with Gasteiger partial charge in [0.05, 0.1) is 24.2 Å². The Hall–Kier alpha value is -3.04. The Balaban J connectivity index is 1.71. The number of thiazole rings is 1. The number of hydrogen-bond donors (Lipinski definition) is 1. The fourth-order valence-electron chi connectivity index (χ4n) is 2.39. The van der Waals surface area contributed by atoms with Gasteiger partial charge in [-0.05, 0) is 36.8 Å². The van der Waals surface area contributed by atoms with E-state index in [9.17, 15) is 4.79 Å². The number of benzene rings is 1. The molecular formula is C19H16N4OS. The predicted octanol–water partition coefficient (Wildman–Crippen LogP) is 3.76. The highest BCUT2D eigenvalue weighted by atomic mass is 32.1. The van der Waals surface area contributed by atoms with Crippen molar-refractivity contribution in [1.29, 1.82) is 5.26 Å². The molecule has 25 heavy (non-hydrogen) atoms. The molecule has 2 heterocycles. The lowest BCUT2D eigenvalue weighted by atomic mass is 10.1. The molecule has 1 atom stereocenters. The minimum Gasteiger partial charge on any atom is -0.343 e. The first-order valence-electron chi connectivity index (χ1n) is 7.80. The molecule has 0 radical (unpaired) electrons. The van der Waals surface area contributed by atoms with Crippen LogP contribution in [-0.2, 0) is 6.42 Å². The summed E-state index contributed by atoms with van der Waals surface area (Å²) < 4.78 is 0. The Bertz CT molecular complexity index is 914. The summed E-state index contributed by atoms with van der Waals surface area (Å²) in [4.78, 5) is 21.1. The lowest BCUT2D eigenvalue weighted by Gasteiger charge is -2.11. The van der Waals surface area contributed by atoms with E-state index in [-0.39, 0.29) is 18.4 Å². The summed E-state index contributed by atoms with van der Waals surface area (Å²) in [7, 11) is 0. The highest BCUT2D eigenvalue weighted by Crippen LogP contribution is 2.25. The van der Waals surface area contributed by atoms with Crippen LogP contribution in [0.2, 0.25) is 0 Å². The smallest absolute Gasteiger partial charge is 0.251 e. The number of carbonyl (C=O) groups is 1. The first-order valence-corrected chi connectivity index (χ1v) is 8.68. The Kier molecular flexibility index (Phi) is 5.17. The summed E-state index contributed by atoms with van der Waals surface area (Å²) in [5.74, 6) is -0.176. The molecule has 0 fully saturated rings. The minimum atomic E-state index is -0.206. The number of carbonyl (C=O) groups excluding carboxylic acids is 1. The van der Waals surface area contributed by atoms with Crippen LogP contribution in [0.4, 0.5) is 0 Å². The fourth-order valence-corrected chi connectivity index (χ4v) is 3.22. The zero-order valence-electron chi connectivity index (χ0n) is 13.6. The summed E-state index contributed by atoms with van der Waals surface area (Å²) >= 11 is 1.50. The maximum atomic E-state index is 12.4. The van der Waals surface area contributed by atoms with Gasteiger partial charge in [0.15, 0.2) is 0 Å². The van der Waals surface area contributed by atoms with Crippen LogP contribution in [0.1, 0.15) is 33.9 Å². The van der Waals surface area contributed by atoms with Gasteiger partial charge in [-0.3, -0.25) is 9.78 Å². The van der Waals surface area contributed by atoms with Crippen molar-refractivity contribution in [2.75, 3.05) is 0 Å². The number of nitriles is 1. The second kappa shape index (κ2) is 7.69. The molecule has 0 aliphatic rings. The van der Waals surface area contributed by atoms with E-state index >= 15 is 0 Å². The van der Waals surface area contributed by atoms with Crippen molar-refractivity contribution in [2.24, 2.45) is 0 Å². The van der Waals surface area contributed by atoms with Crippen molar-refractivity contribution in [3.05, 3.63) is 70.3 Å². The van der Waals surface area contributed by atoms with Crippen LogP contribution in [-0.4, -0.2) is 15.9 Å². The molecule has 1 aromatic carbocycles. The molecule has 2 aromatic heterocycles. The van der Waals surface area contributed by atoms with Gasteiger partial charge in [0.1, 0.15) is 5.01 Å². The van der Waals surface area contributed by atoms with Crippen molar-refractivity contribution < 1.29 is 4.79 Å². The number of nitrogens with one attached hydrogen (secondary N) is 1. The molecule has 0 aliphatic heterocycles. The SMILES string of the molecule is C[C@@H](NC(=O)c1cccc(CC#N)c1)c1nc(-c2cccnc2)cs1. The first-order chi connectivity index (χ1) is 12.2. The molecule has 0 saturated heterocycles. The average Bonchev–Trinajstić information content (AvgIpc) is 3.13. The molecule has 1 N–H and O–H groups in total. The Morgan fingerprint density at radius 3 is 3.00 bits per heavy atom. The second-order valence-electron chi connectivity index (χ2n) is 5.54. The maximum absolute atomic E-state index is 12.4. The number of hydrogen-bond acceptors (Lipinski definition) is 5. The van der Waals surface area contributed by atoms with Crippen LogP contribution in [0, 0.1) is 11.3 Å². The van der Waals surface area contributed by atoms with E-state index < -0.39 is 0 Å². The van der Waals surface area contributed by atoms with Gasteiger partial charge in [0.25, 0.3) is 5.91 Å². The minimum absolute atomic E-state index is 0.176. The normalized spacial score (nSPS) is 11.5. The van der Waals surface area contributed by atoms with Gasteiger partial charge in [0, 0.05) is 28.9 Å². The summed E-state index contributed by atoms with van der Waals surface area (Å²) in [5, 5.41) is 14.5. The largest absolute Gasteiger partial charge is 0.343 e. The molecular weight excluding hydrogens is 332 g/mol. The Morgan fingerprint density at radius 2 is 2.24 bits per heavy atom. The van der Waals surface area contributed by atoms with Crippen LogP contribution in [0.3, 0.4) is 0 Å². The topological polar surface area (TPSA) is 78.7 Å². The van der Waals surface area contributed by atoms with Crippen molar-refractivity contribution in [3.63, 3.8) is 0 Å². The molecule has 124 valence electrons. The Labute approximate surface area is 150 Å². The van der Waals surface area contributed by atoms with Crippen LogP contribution < -0.4 is 5.32 Å². The van der Waals surface area contributed by atoms with Gasteiger partial charge in [-0.1, -0.05) is 12.1 Å². The first kappa shape index (κ1) is 16.8. The highest BCUT2D eigenvalue weighted by Gasteiger charge is 2.15. The fraction of sp³-hybridized carbons (Fsp3) is 0.158. The summed E-state index contributed by atoms with van der Waals surface area (Å²) in [6, 6.07) is 12.8. The van der Waals surface area contributed by atoms with Crippen LogP contribution in [0.5, 0.6) is 0 Å². The second-order valence-corrected chi connectivity index (χ2v) is 6.43. The monoisotopic (exact) mass is 348 g/mol. The third kappa shape index (κ3) is 4.08. The van der Waals surface area contributed by atoms with Gasteiger partial charge in [-0.25, -0.2) is 4.98 Å². The lowest BCUT2D eigenvalue weighted by Crippen LogP contribution is -2.26. The molecule has 6 heteroatoms. The molecule has 3 aromatic rings. The van der Waals surface area contributed by atoms with Crippen molar-refractivity contribution in [2.45, 2.75) is 19.4 Å².